The maximum atomic E-state index is 10.1. The van der Waals surface area contributed by atoms with Gasteiger partial charge in [-0.25, -0.2) is 0 Å². The maximum Gasteiger partial charge on any atom is 0.179 e. The van der Waals surface area contributed by atoms with Crippen molar-refractivity contribution in [3.8, 4) is 12.1 Å². The van der Waals surface area contributed by atoms with Gasteiger partial charge < -0.3 is 0 Å². The highest BCUT2D eigenvalue weighted by Crippen LogP contribution is 2.52. The maximum absolute atomic E-state index is 10.1. The van der Waals surface area contributed by atoms with Crippen LogP contribution in [-0.2, 0) is 0 Å². The lowest BCUT2D eigenvalue weighted by Crippen LogP contribution is -2.34. The van der Waals surface area contributed by atoms with Crippen LogP contribution in [0.25, 0.3) is 11.1 Å². The first-order chi connectivity index (χ1) is 14.4. The van der Waals surface area contributed by atoms with Gasteiger partial charge in [0.2, 0.25) is 0 Å². The SMILES string of the molecule is C[N+](C)(C)c1ccc(C2=CC=C3C=C(c4ccccc4)C(C#N)(C#N)C3C=C2)cc1. The molecule has 0 fully saturated rings. The number of rotatable bonds is 3. The molecule has 0 amide bonds. The Bertz CT molecular complexity index is 1160. The van der Waals surface area contributed by atoms with E-state index >= 15 is 0 Å². The van der Waals surface area contributed by atoms with Crippen molar-refractivity contribution in [1.29, 1.82) is 10.5 Å². The molecule has 0 spiro atoms. The van der Waals surface area contributed by atoms with Gasteiger partial charge >= 0.3 is 0 Å². The first-order valence-corrected chi connectivity index (χ1v) is 10.0. The Morgan fingerprint density at radius 2 is 1.50 bits per heavy atom. The average molecular weight is 391 g/mol. The minimum atomic E-state index is -1.22. The predicted octanol–water partition coefficient (Wildman–Crippen LogP) is 5.51. The van der Waals surface area contributed by atoms with E-state index in [1.807, 2.05) is 54.6 Å². The fraction of sp³-hybridized carbons (Fsp3) is 0.185. The minimum Gasteiger partial charge on any atom is -0.298 e. The van der Waals surface area contributed by atoms with Gasteiger partial charge in [0, 0.05) is 5.92 Å². The number of allylic oxidation sites excluding steroid dienone is 8. The smallest absolute Gasteiger partial charge is 0.179 e. The van der Waals surface area contributed by atoms with Gasteiger partial charge in [0.05, 0.1) is 33.3 Å². The van der Waals surface area contributed by atoms with E-state index in [-0.39, 0.29) is 5.92 Å². The standard InChI is InChI=1S/C27H24N3/c1-30(2,3)24-14-11-21(12-15-24)20-9-10-23-17-26(22-7-5-4-6-8-22)27(18-28,19-29)25(23)16-13-20/h4-17,25H,1-3H3/q+1. The molecular formula is C27H24N3+. The zero-order valence-electron chi connectivity index (χ0n) is 17.5. The molecule has 146 valence electrons. The number of hydrogen-bond donors (Lipinski definition) is 0. The topological polar surface area (TPSA) is 47.6 Å². The van der Waals surface area contributed by atoms with Crippen molar-refractivity contribution in [1.82, 2.24) is 4.48 Å². The third kappa shape index (κ3) is 3.20. The van der Waals surface area contributed by atoms with Crippen LogP contribution in [0.15, 0.2) is 90.6 Å². The Hall–Kier alpha value is -3.66. The highest BCUT2D eigenvalue weighted by atomic mass is 15.3. The molecule has 2 aliphatic rings. The van der Waals surface area contributed by atoms with Crippen molar-refractivity contribution >= 4 is 16.8 Å². The van der Waals surface area contributed by atoms with Crippen LogP contribution >= 0.6 is 0 Å². The van der Waals surface area contributed by atoms with Gasteiger partial charge in [-0.15, -0.1) is 0 Å². The van der Waals surface area contributed by atoms with Crippen LogP contribution in [0.5, 0.6) is 0 Å². The first kappa shape index (κ1) is 19.6. The second-order valence-electron chi connectivity index (χ2n) is 8.64. The molecule has 0 aromatic heterocycles. The third-order valence-corrected chi connectivity index (χ3v) is 5.90. The van der Waals surface area contributed by atoms with Gasteiger partial charge in [-0.05, 0) is 52.1 Å². The van der Waals surface area contributed by atoms with Crippen molar-refractivity contribution in [2.24, 2.45) is 11.3 Å². The fourth-order valence-corrected chi connectivity index (χ4v) is 4.14. The summed E-state index contributed by atoms with van der Waals surface area (Å²) in [4.78, 5) is 0. The number of fused-ring (bicyclic) bond motifs is 1. The predicted molar refractivity (Wildman–Crippen MR) is 123 cm³/mol. The molecule has 0 heterocycles. The molecule has 2 aromatic rings. The van der Waals surface area contributed by atoms with Crippen molar-refractivity contribution in [2.75, 3.05) is 21.1 Å². The largest absolute Gasteiger partial charge is 0.298 e. The molecule has 1 unspecified atom stereocenters. The van der Waals surface area contributed by atoms with Crippen molar-refractivity contribution in [2.45, 2.75) is 0 Å². The van der Waals surface area contributed by atoms with Gasteiger partial charge in [-0.1, -0.05) is 60.7 Å². The average Bonchev–Trinajstić information content (AvgIpc) is 2.91. The third-order valence-electron chi connectivity index (χ3n) is 5.90. The minimum absolute atomic E-state index is 0.290. The number of nitriles is 2. The van der Waals surface area contributed by atoms with Crippen LogP contribution in [-0.4, -0.2) is 21.1 Å². The Morgan fingerprint density at radius 1 is 0.833 bits per heavy atom. The summed E-state index contributed by atoms with van der Waals surface area (Å²) in [5.41, 5.74) is 4.89. The van der Waals surface area contributed by atoms with Gasteiger partial charge in [0.15, 0.2) is 5.41 Å². The summed E-state index contributed by atoms with van der Waals surface area (Å²) in [5, 5.41) is 20.2. The quantitative estimate of drug-likeness (QED) is 0.649. The van der Waals surface area contributed by atoms with Crippen LogP contribution in [0.4, 0.5) is 5.69 Å². The fourth-order valence-electron chi connectivity index (χ4n) is 4.14. The number of nitrogens with zero attached hydrogens (tertiary/aromatic N) is 3. The van der Waals surface area contributed by atoms with Gasteiger partial charge in [-0.3, -0.25) is 4.48 Å². The second kappa shape index (κ2) is 7.30. The van der Waals surface area contributed by atoms with Crippen molar-refractivity contribution in [3.63, 3.8) is 0 Å². The van der Waals surface area contributed by atoms with E-state index in [0.717, 1.165) is 32.3 Å². The molecule has 0 N–H and O–H groups in total. The molecule has 0 bridgehead atoms. The molecule has 0 aliphatic heterocycles. The lowest BCUT2D eigenvalue weighted by atomic mass is 9.73. The number of benzene rings is 2. The van der Waals surface area contributed by atoms with E-state index in [2.05, 4.69) is 63.6 Å². The van der Waals surface area contributed by atoms with E-state index in [9.17, 15) is 10.5 Å². The van der Waals surface area contributed by atoms with Gasteiger partial charge in [0.1, 0.15) is 5.69 Å². The van der Waals surface area contributed by atoms with Gasteiger partial charge in [0.25, 0.3) is 0 Å². The van der Waals surface area contributed by atoms with Crippen molar-refractivity contribution in [3.05, 3.63) is 102 Å². The Balaban J connectivity index is 1.76. The Morgan fingerprint density at radius 3 is 2.10 bits per heavy atom. The Kier molecular flexibility index (Phi) is 4.78. The normalized spacial score (nSPS) is 19.5. The number of hydrogen-bond acceptors (Lipinski definition) is 2. The van der Waals surface area contributed by atoms with Crippen LogP contribution in [0.3, 0.4) is 0 Å². The molecule has 4 rings (SSSR count). The summed E-state index contributed by atoms with van der Waals surface area (Å²) >= 11 is 0. The molecule has 3 heteroatoms. The van der Waals surface area contributed by atoms with Gasteiger partial charge in [-0.2, -0.15) is 10.5 Å². The molecule has 0 radical (unpaired) electrons. The van der Waals surface area contributed by atoms with E-state index in [1.165, 1.54) is 5.69 Å². The molecular weight excluding hydrogens is 366 g/mol. The second-order valence-corrected chi connectivity index (χ2v) is 8.64. The molecule has 2 aromatic carbocycles. The van der Waals surface area contributed by atoms with E-state index in [4.69, 9.17) is 0 Å². The molecule has 2 aliphatic carbocycles. The van der Waals surface area contributed by atoms with Crippen LogP contribution in [0.2, 0.25) is 0 Å². The summed E-state index contributed by atoms with van der Waals surface area (Å²) in [6.07, 6.45) is 10.2. The zero-order valence-corrected chi connectivity index (χ0v) is 17.5. The molecule has 3 nitrogen and oxygen atoms in total. The summed E-state index contributed by atoms with van der Waals surface area (Å²) in [6, 6.07) is 22.9. The lowest BCUT2D eigenvalue weighted by Gasteiger charge is -2.23. The molecule has 0 saturated heterocycles. The highest BCUT2D eigenvalue weighted by molar-refractivity contribution is 5.85. The first-order valence-electron chi connectivity index (χ1n) is 10.0. The zero-order chi connectivity index (χ0) is 21.4. The summed E-state index contributed by atoms with van der Waals surface area (Å²) < 4.78 is 0.765. The van der Waals surface area contributed by atoms with E-state index in [0.29, 0.717) is 0 Å². The summed E-state index contributed by atoms with van der Waals surface area (Å²) in [5.74, 6) is -0.290. The van der Waals surface area contributed by atoms with Crippen molar-refractivity contribution < 1.29 is 0 Å². The van der Waals surface area contributed by atoms with E-state index in [1.54, 1.807) is 0 Å². The lowest BCUT2D eigenvalue weighted by molar-refractivity contribution is 0.486. The van der Waals surface area contributed by atoms with E-state index < -0.39 is 5.41 Å². The van der Waals surface area contributed by atoms with Crippen LogP contribution in [0, 0.1) is 34.0 Å². The Labute approximate surface area is 178 Å². The molecule has 30 heavy (non-hydrogen) atoms. The molecule has 0 saturated carbocycles. The highest BCUT2D eigenvalue weighted by Gasteiger charge is 2.48. The van der Waals surface area contributed by atoms with Crippen LogP contribution < -0.4 is 4.48 Å². The van der Waals surface area contributed by atoms with Crippen LogP contribution in [0.1, 0.15) is 11.1 Å². The monoisotopic (exact) mass is 390 g/mol. The summed E-state index contributed by atoms with van der Waals surface area (Å²) in [6.45, 7) is 0. The number of quaternary nitrogens is 1. The molecule has 1 atom stereocenters. The summed E-state index contributed by atoms with van der Waals surface area (Å²) in [7, 11) is 6.43.